The van der Waals surface area contributed by atoms with Gasteiger partial charge < -0.3 is 15.6 Å². The second-order valence-corrected chi connectivity index (χ2v) is 3.23. The monoisotopic (exact) mass is 231 g/mol. The summed E-state index contributed by atoms with van der Waals surface area (Å²) in [6, 6.07) is 0.406. The van der Waals surface area contributed by atoms with Gasteiger partial charge in [0, 0.05) is 12.5 Å². The van der Waals surface area contributed by atoms with Crippen molar-refractivity contribution in [2.75, 3.05) is 7.11 Å². The van der Waals surface area contributed by atoms with Crippen molar-refractivity contribution in [1.82, 2.24) is 0 Å². The van der Waals surface area contributed by atoms with Crippen LogP contribution >= 0.6 is 0 Å². The first-order valence-electron chi connectivity index (χ1n) is 4.46. The van der Waals surface area contributed by atoms with E-state index in [1.165, 1.54) is 0 Å². The van der Waals surface area contributed by atoms with Crippen LogP contribution in [0.1, 0.15) is 5.56 Å². The fraction of sp³-hybridized carbons (Fsp3) is 0.300. The van der Waals surface area contributed by atoms with Gasteiger partial charge in [-0.15, -0.1) is 0 Å². The molecule has 88 valence electrons. The Hall–Kier alpha value is -1.69. The molecule has 1 rings (SSSR count). The molecule has 0 aliphatic rings. The molecule has 1 atom stereocenters. The number of phenols is 1. The smallest absolute Gasteiger partial charge is 0.322 e. The summed E-state index contributed by atoms with van der Waals surface area (Å²) >= 11 is 0. The second kappa shape index (κ2) is 4.89. The summed E-state index contributed by atoms with van der Waals surface area (Å²) in [4.78, 5) is 11.0. The minimum atomic E-state index is -1.16. The number of esters is 1. The molecule has 0 aliphatic heterocycles. The van der Waals surface area contributed by atoms with Crippen molar-refractivity contribution >= 4 is 5.97 Å². The molecule has 4 nitrogen and oxygen atoms in total. The number of methoxy groups -OCH3 is 1. The van der Waals surface area contributed by atoms with Gasteiger partial charge in [0.25, 0.3) is 0 Å². The lowest BCUT2D eigenvalue weighted by Crippen LogP contribution is -2.33. The Morgan fingerprint density at radius 1 is 1.50 bits per heavy atom. The van der Waals surface area contributed by atoms with Gasteiger partial charge in [-0.2, -0.15) is 0 Å². The molecular formula is C10H11F2NO3. The third-order valence-electron chi connectivity index (χ3n) is 2.07. The van der Waals surface area contributed by atoms with Gasteiger partial charge in [-0.05, 0) is 11.6 Å². The van der Waals surface area contributed by atoms with Gasteiger partial charge in [-0.25, -0.2) is 8.78 Å². The number of phenolic OH excluding ortho intramolecular Hbond substituents is 1. The zero-order valence-electron chi connectivity index (χ0n) is 8.54. The van der Waals surface area contributed by atoms with E-state index in [1.54, 1.807) is 0 Å². The minimum absolute atomic E-state index is 0.0526. The van der Waals surface area contributed by atoms with E-state index >= 15 is 0 Å². The molecule has 0 heterocycles. The molecule has 0 fully saturated rings. The summed E-state index contributed by atoms with van der Waals surface area (Å²) in [5.74, 6) is -3.40. The van der Waals surface area contributed by atoms with Crippen LogP contribution < -0.4 is 5.73 Å². The van der Waals surface area contributed by atoms with Gasteiger partial charge in [0.05, 0.1) is 7.11 Å². The molecule has 0 amide bonds. The predicted molar refractivity (Wildman–Crippen MR) is 51.7 cm³/mol. The van der Waals surface area contributed by atoms with Crippen LogP contribution in [0.2, 0.25) is 0 Å². The Balaban J connectivity index is 2.89. The fourth-order valence-electron chi connectivity index (χ4n) is 1.21. The van der Waals surface area contributed by atoms with Gasteiger partial charge in [-0.3, -0.25) is 4.79 Å². The number of aromatic hydroxyl groups is 1. The topological polar surface area (TPSA) is 72.5 Å². The van der Waals surface area contributed by atoms with Crippen LogP contribution in [0.4, 0.5) is 8.78 Å². The molecule has 3 N–H and O–H groups in total. The summed E-state index contributed by atoms with van der Waals surface area (Å²) in [6.07, 6.45) is -0.129. The van der Waals surface area contributed by atoms with Gasteiger partial charge in [0.2, 0.25) is 0 Å². The van der Waals surface area contributed by atoms with Crippen LogP contribution in [0.15, 0.2) is 12.1 Å². The molecule has 16 heavy (non-hydrogen) atoms. The van der Waals surface area contributed by atoms with Gasteiger partial charge in [0.15, 0.2) is 11.6 Å². The summed E-state index contributed by atoms with van der Waals surface area (Å²) in [5.41, 5.74) is 5.47. The Morgan fingerprint density at radius 3 is 2.62 bits per heavy atom. The van der Waals surface area contributed by atoms with Crippen LogP contribution in [0.3, 0.4) is 0 Å². The quantitative estimate of drug-likeness (QED) is 0.751. The minimum Gasteiger partial charge on any atom is -0.508 e. The van der Waals surface area contributed by atoms with Crippen molar-refractivity contribution in [1.29, 1.82) is 0 Å². The lowest BCUT2D eigenvalue weighted by molar-refractivity contribution is -0.142. The van der Waals surface area contributed by atoms with Crippen molar-refractivity contribution in [3.8, 4) is 5.75 Å². The second-order valence-electron chi connectivity index (χ2n) is 3.23. The molecule has 0 spiro atoms. The average Bonchev–Trinajstić information content (AvgIpc) is 2.24. The molecule has 0 aromatic heterocycles. The maximum Gasteiger partial charge on any atom is 0.322 e. The molecule has 0 bridgehead atoms. The predicted octanol–water partition coefficient (Wildman–Crippen LogP) is 0.713. The highest BCUT2D eigenvalue weighted by Gasteiger charge is 2.18. The number of ether oxygens (including phenoxy) is 1. The van der Waals surface area contributed by atoms with E-state index in [4.69, 9.17) is 5.73 Å². The van der Waals surface area contributed by atoms with E-state index in [-0.39, 0.29) is 12.0 Å². The highest BCUT2D eigenvalue weighted by molar-refractivity contribution is 5.75. The Kier molecular flexibility index (Phi) is 3.78. The summed E-state index contributed by atoms with van der Waals surface area (Å²) in [5, 5.41) is 9.30. The molecule has 6 heteroatoms. The number of carbonyl (C=O) groups excluding carboxylic acids is 1. The lowest BCUT2D eigenvalue weighted by atomic mass is 10.1. The van der Waals surface area contributed by atoms with Crippen molar-refractivity contribution in [2.24, 2.45) is 5.73 Å². The van der Waals surface area contributed by atoms with Crippen LogP contribution in [-0.4, -0.2) is 24.2 Å². The van der Waals surface area contributed by atoms with Crippen molar-refractivity contribution in [2.45, 2.75) is 12.5 Å². The van der Waals surface area contributed by atoms with E-state index in [2.05, 4.69) is 4.74 Å². The Labute approximate surface area is 90.6 Å². The zero-order chi connectivity index (χ0) is 12.3. The fourth-order valence-corrected chi connectivity index (χ4v) is 1.21. The molecule has 1 aromatic carbocycles. The Bertz CT molecular complexity index is 409. The summed E-state index contributed by atoms with van der Waals surface area (Å²) < 4.78 is 29.9. The number of carbonyl (C=O) groups is 1. The van der Waals surface area contributed by atoms with E-state index in [0.717, 1.165) is 13.2 Å². The van der Waals surface area contributed by atoms with E-state index in [0.29, 0.717) is 6.07 Å². The molecular weight excluding hydrogens is 220 g/mol. The SMILES string of the molecule is COC(=O)[C@@H](N)Cc1cc(F)c(F)cc1O. The van der Waals surface area contributed by atoms with Crippen molar-refractivity contribution in [3.05, 3.63) is 29.3 Å². The number of halogens is 2. The molecule has 0 saturated carbocycles. The van der Waals surface area contributed by atoms with Gasteiger partial charge >= 0.3 is 5.97 Å². The molecule has 0 radical (unpaired) electrons. The highest BCUT2D eigenvalue weighted by Crippen LogP contribution is 2.22. The molecule has 1 aromatic rings. The first-order valence-corrected chi connectivity index (χ1v) is 4.46. The maximum absolute atomic E-state index is 12.8. The van der Waals surface area contributed by atoms with Crippen LogP contribution in [0.5, 0.6) is 5.75 Å². The van der Waals surface area contributed by atoms with Crippen LogP contribution in [0.25, 0.3) is 0 Å². The van der Waals surface area contributed by atoms with Gasteiger partial charge in [-0.1, -0.05) is 0 Å². The van der Waals surface area contributed by atoms with Gasteiger partial charge in [0.1, 0.15) is 11.8 Å². The average molecular weight is 231 g/mol. The largest absolute Gasteiger partial charge is 0.508 e. The summed E-state index contributed by atoms with van der Waals surface area (Å²) in [7, 11) is 1.16. The zero-order valence-corrected chi connectivity index (χ0v) is 8.54. The number of nitrogens with two attached hydrogens (primary N) is 1. The molecule has 0 saturated heterocycles. The standard InChI is InChI=1S/C10H11F2NO3/c1-16-10(15)8(13)3-5-2-6(11)7(12)4-9(5)14/h2,4,8,14H,3,13H2,1H3/t8-/m0/s1. The first kappa shape index (κ1) is 12.4. The first-order chi connectivity index (χ1) is 7.45. The third-order valence-corrected chi connectivity index (χ3v) is 2.07. The van der Waals surface area contributed by atoms with E-state index < -0.39 is 29.4 Å². The van der Waals surface area contributed by atoms with E-state index in [1.807, 2.05) is 0 Å². The van der Waals surface area contributed by atoms with Crippen molar-refractivity contribution < 1.29 is 23.4 Å². The highest BCUT2D eigenvalue weighted by atomic mass is 19.2. The van der Waals surface area contributed by atoms with Crippen molar-refractivity contribution in [3.63, 3.8) is 0 Å². The van der Waals surface area contributed by atoms with Crippen LogP contribution in [-0.2, 0) is 16.0 Å². The van der Waals surface area contributed by atoms with Crippen LogP contribution in [0, 0.1) is 11.6 Å². The van der Waals surface area contributed by atoms with E-state index in [9.17, 15) is 18.7 Å². The number of benzene rings is 1. The number of hydrogen-bond donors (Lipinski definition) is 2. The Morgan fingerprint density at radius 2 is 2.06 bits per heavy atom. The summed E-state index contributed by atoms with van der Waals surface area (Å²) in [6.45, 7) is 0. The normalized spacial score (nSPS) is 12.2. The molecule has 0 aliphatic carbocycles. The third kappa shape index (κ3) is 2.66. The maximum atomic E-state index is 12.8. The lowest BCUT2D eigenvalue weighted by Gasteiger charge is -2.10. The molecule has 0 unspecified atom stereocenters. The number of rotatable bonds is 3. The number of hydrogen-bond acceptors (Lipinski definition) is 4.